The second kappa shape index (κ2) is 6.46. The van der Waals surface area contributed by atoms with E-state index in [0.29, 0.717) is 30.5 Å². The first-order valence-corrected chi connectivity index (χ1v) is 7.91. The molecule has 3 rings (SSSR count). The second-order valence-corrected chi connectivity index (χ2v) is 6.32. The summed E-state index contributed by atoms with van der Waals surface area (Å²) >= 11 is 0. The number of likely N-dealkylation sites (tertiary alicyclic amines) is 1. The van der Waals surface area contributed by atoms with Gasteiger partial charge in [0, 0.05) is 45.2 Å². The van der Waals surface area contributed by atoms with Crippen molar-refractivity contribution in [1.82, 2.24) is 20.0 Å². The zero-order chi connectivity index (χ0) is 17.3. The van der Waals surface area contributed by atoms with Gasteiger partial charge in [-0.2, -0.15) is 0 Å². The smallest absolute Gasteiger partial charge is 0.252 e. The van der Waals surface area contributed by atoms with Gasteiger partial charge in [-0.25, -0.2) is 4.98 Å². The van der Waals surface area contributed by atoms with Crippen molar-refractivity contribution in [3.05, 3.63) is 39.6 Å². The van der Waals surface area contributed by atoms with Gasteiger partial charge in [0.05, 0.1) is 17.8 Å². The number of hydrogen-bond acceptors (Lipinski definition) is 6. The van der Waals surface area contributed by atoms with E-state index in [1.54, 1.807) is 22.8 Å². The standard InChI is InChI=1S/C16H21N5O3/c1-10-6-12(19-24-10)7-15(23)21-5-4-11(9-21)13-8-14(22)18-16(17-13)20(2)3/h6,8,11H,4-5,7,9H2,1-3H3,(H,17,18,22). The molecule has 0 bridgehead atoms. The minimum atomic E-state index is -0.174. The van der Waals surface area contributed by atoms with Crippen LogP contribution in [0.1, 0.15) is 29.5 Å². The fraction of sp³-hybridized carbons (Fsp3) is 0.500. The molecule has 1 atom stereocenters. The maximum absolute atomic E-state index is 12.4. The van der Waals surface area contributed by atoms with Gasteiger partial charge in [-0.3, -0.25) is 14.6 Å². The Labute approximate surface area is 139 Å². The number of nitrogens with one attached hydrogen (secondary N) is 1. The fourth-order valence-electron chi connectivity index (χ4n) is 2.88. The molecule has 128 valence electrons. The average Bonchev–Trinajstić information content (AvgIpc) is 3.16. The lowest BCUT2D eigenvalue weighted by Gasteiger charge is -2.17. The number of aryl methyl sites for hydroxylation is 1. The molecule has 1 aliphatic rings. The van der Waals surface area contributed by atoms with Gasteiger partial charge in [0.15, 0.2) is 0 Å². The van der Waals surface area contributed by atoms with Crippen LogP contribution in [-0.4, -0.2) is 53.1 Å². The molecule has 1 fully saturated rings. The fourth-order valence-corrected chi connectivity index (χ4v) is 2.88. The lowest BCUT2D eigenvalue weighted by molar-refractivity contribution is -0.129. The minimum Gasteiger partial charge on any atom is -0.361 e. The normalized spacial score (nSPS) is 17.3. The summed E-state index contributed by atoms with van der Waals surface area (Å²) in [6.45, 7) is 3.03. The van der Waals surface area contributed by atoms with Gasteiger partial charge in [0.1, 0.15) is 5.76 Å². The Bertz CT molecular complexity index is 795. The highest BCUT2D eigenvalue weighted by atomic mass is 16.5. The van der Waals surface area contributed by atoms with Gasteiger partial charge in [-0.1, -0.05) is 5.16 Å². The molecule has 0 radical (unpaired) electrons. The zero-order valence-corrected chi connectivity index (χ0v) is 14.1. The quantitative estimate of drug-likeness (QED) is 0.886. The molecule has 0 aromatic carbocycles. The maximum Gasteiger partial charge on any atom is 0.252 e. The van der Waals surface area contributed by atoms with E-state index in [1.807, 2.05) is 14.1 Å². The lowest BCUT2D eigenvalue weighted by Crippen LogP contribution is -2.30. The third-order valence-corrected chi connectivity index (χ3v) is 4.14. The first kappa shape index (κ1) is 16.2. The Morgan fingerprint density at radius 3 is 2.92 bits per heavy atom. The van der Waals surface area contributed by atoms with E-state index in [4.69, 9.17) is 4.52 Å². The topological polar surface area (TPSA) is 95.3 Å². The van der Waals surface area contributed by atoms with Crippen LogP contribution >= 0.6 is 0 Å². The molecule has 0 aliphatic carbocycles. The van der Waals surface area contributed by atoms with E-state index in [0.717, 1.165) is 12.1 Å². The second-order valence-electron chi connectivity index (χ2n) is 6.32. The monoisotopic (exact) mass is 331 g/mol. The van der Waals surface area contributed by atoms with Gasteiger partial charge in [-0.15, -0.1) is 0 Å². The van der Waals surface area contributed by atoms with Crippen LogP contribution in [0.4, 0.5) is 5.95 Å². The molecule has 0 spiro atoms. The minimum absolute atomic E-state index is 0.0171. The van der Waals surface area contributed by atoms with Crippen molar-refractivity contribution in [2.24, 2.45) is 0 Å². The van der Waals surface area contributed by atoms with Crippen molar-refractivity contribution in [2.45, 2.75) is 25.7 Å². The predicted molar refractivity (Wildman–Crippen MR) is 88.1 cm³/mol. The van der Waals surface area contributed by atoms with Crippen LogP contribution in [0.3, 0.4) is 0 Å². The summed E-state index contributed by atoms with van der Waals surface area (Å²) in [6.07, 6.45) is 1.03. The number of aromatic nitrogens is 3. The van der Waals surface area contributed by atoms with E-state index in [9.17, 15) is 9.59 Å². The average molecular weight is 331 g/mol. The summed E-state index contributed by atoms with van der Waals surface area (Å²) in [5.74, 6) is 1.32. The van der Waals surface area contributed by atoms with Crippen molar-refractivity contribution in [3.63, 3.8) is 0 Å². The Kier molecular flexibility index (Phi) is 4.37. The van der Waals surface area contributed by atoms with E-state index < -0.39 is 0 Å². The third-order valence-electron chi connectivity index (χ3n) is 4.14. The Morgan fingerprint density at radius 2 is 2.25 bits per heavy atom. The van der Waals surface area contributed by atoms with Gasteiger partial charge >= 0.3 is 0 Å². The highest BCUT2D eigenvalue weighted by Crippen LogP contribution is 2.26. The van der Waals surface area contributed by atoms with Crippen molar-refractivity contribution < 1.29 is 9.32 Å². The van der Waals surface area contributed by atoms with Crippen molar-refractivity contribution in [1.29, 1.82) is 0 Å². The van der Waals surface area contributed by atoms with E-state index in [-0.39, 0.29) is 23.8 Å². The van der Waals surface area contributed by atoms with Gasteiger partial charge in [-0.05, 0) is 13.3 Å². The van der Waals surface area contributed by atoms with Crippen LogP contribution in [0.15, 0.2) is 21.5 Å². The first-order valence-electron chi connectivity index (χ1n) is 7.91. The van der Waals surface area contributed by atoms with Crippen molar-refractivity contribution >= 4 is 11.9 Å². The van der Waals surface area contributed by atoms with Crippen LogP contribution in [-0.2, 0) is 11.2 Å². The molecule has 0 saturated carbocycles. The molecule has 3 heterocycles. The number of rotatable bonds is 4. The molecule has 1 N–H and O–H groups in total. The molecule has 1 saturated heterocycles. The molecule has 2 aromatic rings. The Morgan fingerprint density at radius 1 is 1.46 bits per heavy atom. The summed E-state index contributed by atoms with van der Waals surface area (Å²) in [7, 11) is 3.65. The SMILES string of the molecule is Cc1cc(CC(=O)N2CCC(c3cc(=O)[nH]c(N(C)C)n3)C2)no1. The molecule has 1 aliphatic heterocycles. The number of carbonyl (C=O) groups excluding carboxylic acids is 1. The summed E-state index contributed by atoms with van der Waals surface area (Å²) in [5, 5.41) is 3.86. The zero-order valence-electron chi connectivity index (χ0n) is 14.1. The molecular weight excluding hydrogens is 310 g/mol. The summed E-state index contributed by atoms with van der Waals surface area (Å²) in [6, 6.07) is 3.29. The molecular formula is C16H21N5O3. The molecule has 1 amide bonds. The molecule has 24 heavy (non-hydrogen) atoms. The Balaban J connectivity index is 1.69. The summed E-state index contributed by atoms with van der Waals surface area (Å²) < 4.78 is 4.99. The number of nitrogens with zero attached hydrogens (tertiary/aromatic N) is 4. The summed E-state index contributed by atoms with van der Waals surface area (Å²) in [4.78, 5) is 35.0. The Hall–Kier alpha value is -2.64. The van der Waals surface area contributed by atoms with Crippen LogP contribution in [0.2, 0.25) is 0 Å². The predicted octanol–water partition coefficient (Wildman–Crippen LogP) is 0.691. The van der Waals surface area contributed by atoms with Crippen LogP contribution < -0.4 is 10.5 Å². The van der Waals surface area contributed by atoms with Crippen molar-refractivity contribution in [2.75, 3.05) is 32.1 Å². The molecule has 2 aromatic heterocycles. The molecule has 1 unspecified atom stereocenters. The molecule has 8 nitrogen and oxygen atoms in total. The van der Waals surface area contributed by atoms with Crippen LogP contribution in [0, 0.1) is 6.92 Å². The van der Waals surface area contributed by atoms with E-state index >= 15 is 0 Å². The maximum atomic E-state index is 12.4. The largest absolute Gasteiger partial charge is 0.361 e. The summed E-state index contributed by atoms with van der Waals surface area (Å²) in [5.41, 5.74) is 1.20. The van der Waals surface area contributed by atoms with Crippen LogP contribution in [0.5, 0.6) is 0 Å². The highest BCUT2D eigenvalue weighted by Gasteiger charge is 2.29. The van der Waals surface area contributed by atoms with Crippen molar-refractivity contribution in [3.8, 4) is 0 Å². The van der Waals surface area contributed by atoms with Gasteiger partial charge in [0.25, 0.3) is 5.56 Å². The van der Waals surface area contributed by atoms with Crippen LogP contribution in [0.25, 0.3) is 0 Å². The third kappa shape index (κ3) is 3.47. The lowest BCUT2D eigenvalue weighted by atomic mass is 10.1. The number of anilines is 1. The van der Waals surface area contributed by atoms with Gasteiger partial charge in [0.2, 0.25) is 11.9 Å². The number of hydrogen-bond donors (Lipinski definition) is 1. The van der Waals surface area contributed by atoms with Gasteiger partial charge < -0.3 is 14.3 Å². The first-order chi connectivity index (χ1) is 11.4. The van der Waals surface area contributed by atoms with E-state index in [2.05, 4.69) is 15.1 Å². The molecule has 8 heteroatoms. The number of carbonyl (C=O) groups is 1. The number of amides is 1. The number of H-pyrrole nitrogens is 1. The highest BCUT2D eigenvalue weighted by molar-refractivity contribution is 5.78. The number of aromatic amines is 1. The van der Waals surface area contributed by atoms with E-state index in [1.165, 1.54) is 6.07 Å².